The van der Waals surface area contributed by atoms with Crippen LogP contribution < -0.4 is 10.2 Å². The SMILES string of the molecule is CC(C)(C)OC(=O)N1CC2(CCN(c3ccc(C4CCC(=O)NC4=O)cc3)C2)C1. The molecule has 4 rings (SSSR count). The second-order valence-corrected chi connectivity index (χ2v) is 9.60. The maximum atomic E-state index is 12.2. The lowest BCUT2D eigenvalue weighted by atomic mass is 9.79. The Labute approximate surface area is 171 Å². The molecule has 156 valence electrons. The molecule has 0 aliphatic carbocycles. The first-order valence-corrected chi connectivity index (χ1v) is 10.3. The summed E-state index contributed by atoms with van der Waals surface area (Å²) in [6.45, 7) is 9.02. The summed E-state index contributed by atoms with van der Waals surface area (Å²) in [6.07, 6.45) is 1.79. The van der Waals surface area contributed by atoms with Gasteiger partial charge in [-0.05, 0) is 51.3 Å². The van der Waals surface area contributed by atoms with Crippen LogP contribution in [0.2, 0.25) is 0 Å². The van der Waals surface area contributed by atoms with Crippen molar-refractivity contribution in [3.05, 3.63) is 29.8 Å². The number of rotatable bonds is 2. The van der Waals surface area contributed by atoms with Crippen LogP contribution in [0.3, 0.4) is 0 Å². The molecule has 1 aromatic rings. The molecule has 0 aromatic heterocycles. The van der Waals surface area contributed by atoms with Crippen molar-refractivity contribution in [2.45, 2.75) is 51.6 Å². The number of hydrogen-bond acceptors (Lipinski definition) is 5. The molecule has 1 atom stereocenters. The molecule has 7 heteroatoms. The number of carbonyl (C=O) groups excluding carboxylic acids is 3. The molecule has 1 N–H and O–H groups in total. The molecule has 1 aromatic carbocycles. The van der Waals surface area contributed by atoms with Gasteiger partial charge in [0.05, 0.1) is 5.92 Å². The first kappa shape index (κ1) is 19.7. The maximum absolute atomic E-state index is 12.2. The van der Waals surface area contributed by atoms with E-state index in [1.54, 1.807) is 4.90 Å². The average molecular weight is 399 g/mol. The number of imide groups is 1. The number of carbonyl (C=O) groups is 3. The third kappa shape index (κ3) is 4.09. The Bertz CT molecular complexity index is 821. The van der Waals surface area contributed by atoms with Crippen LogP contribution in [0.1, 0.15) is 51.5 Å². The summed E-state index contributed by atoms with van der Waals surface area (Å²) < 4.78 is 5.46. The van der Waals surface area contributed by atoms with Crippen LogP contribution in [0.25, 0.3) is 0 Å². The minimum absolute atomic E-state index is 0.152. The monoisotopic (exact) mass is 399 g/mol. The number of benzene rings is 1. The molecule has 3 aliphatic heterocycles. The van der Waals surface area contributed by atoms with Crippen LogP contribution in [0.4, 0.5) is 10.5 Å². The molecule has 3 saturated heterocycles. The summed E-state index contributed by atoms with van der Waals surface area (Å²) >= 11 is 0. The van der Waals surface area contributed by atoms with Gasteiger partial charge in [0.1, 0.15) is 5.60 Å². The minimum Gasteiger partial charge on any atom is -0.444 e. The van der Waals surface area contributed by atoms with Gasteiger partial charge in [0, 0.05) is 43.7 Å². The van der Waals surface area contributed by atoms with E-state index in [0.717, 1.165) is 43.9 Å². The first-order chi connectivity index (χ1) is 13.6. The van der Waals surface area contributed by atoms with Crippen LogP contribution in [0, 0.1) is 5.41 Å². The number of likely N-dealkylation sites (tertiary alicyclic amines) is 1. The molecule has 3 amide bonds. The lowest BCUT2D eigenvalue weighted by Crippen LogP contribution is -2.60. The molecule has 0 radical (unpaired) electrons. The molecule has 3 heterocycles. The highest BCUT2D eigenvalue weighted by molar-refractivity contribution is 6.00. The van der Waals surface area contributed by atoms with Crippen molar-refractivity contribution in [2.24, 2.45) is 5.41 Å². The molecular formula is C22H29N3O4. The molecule has 1 unspecified atom stereocenters. The fourth-order valence-corrected chi connectivity index (χ4v) is 4.56. The minimum atomic E-state index is -0.466. The fraction of sp³-hybridized carbons (Fsp3) is 0.591. The van der Waals surface area contributed by atoms with Gasteiger partial charge >= 0.3 is 6.09 Å². The van der Waals surface area contributed by atoms with Gasteiger partial charge in [-0.3, -0.25) is 14.9 Å². The van der Waals surface area contributed by atoms with Crippen molar-refractivity contribution >= 4 is 23.6 Å². The lowest BCUT2D eigenvalue weighted by Gasteiger charge is -2.47. The van der Waals surface area contributed by atoms with Crippen LogP contribution >= 0.6 is 0 Å². The van der Waals surface area contributed by atoms with Crippen LogP contribution in [0.15, 0.2) is 24.3 Å². The zero-order chi connectivity index (χ0) is 20.8. The van der Waals surface area contributed by atoms with E-state index in [1.807, 2.05) is 32.9 Å². The molecule has 1 spiro atoms. The van der Waals surface area contributed by atoms with Gasteiger partial charge in [0.25, 0.3) is 0 Å². The standard InChI is InChI=1S/C22H29N3O4/c1-21(2,3)29-20(28)25-13-22(14-25)10-11-24(12-22)16-6-4-15(5-7-16)17-8-9-18(26)23-19(17)27/h4-7,17H,8-14H2,1-3H3,(H,23,26,27). The lowest BCUT2D eigenvalue weighted by molar-refractivity contribution is -0.134. The average Bonchev–Trinajstić information content (AvgIpc) is 3.05. The Morgan fingerprint density at radius 1 is 1.14 bits per heavy atom. The number of nitrogens with one attached hydrogen (secondary N) is 1. The fourth-order valence-electron chi connectivity index (χ4n) is 4.56. The summed E-state index contributed by atoms with van der Waals surface area (Å²) in [4.78, 5) is 39.7. The van der Waals surface area contributed by atoms with E-state index < -0.39 is 5.60 Å². The van der Waals surface area contributed by atoms with Gasteiger partial charge in [0.2, 0.25) is 11.8 Å². The quantitative estimate of drug-likeness (QED) is 0.774. The predicted molar refractivity (Wildman–Crippen MR) is 109 cm³/mol. The van der Waals surface area contributed by atoms with Gasteiger partial charge in [0.15, 0.2) is 0 Å². The zero-order valence-electron chi connectivity index (χ0n) is 17.4. The third-order valence-corrected chi connectivity index (χ3v) is 6.04. The van der Waals surface area contributed by atoms with Crippen LogP contribution in [-0.2, 0) is 14.3 Å². The Hall–Kier alpha value is -2.57. The number of amides is 3. The third-order valence-electron chi connectivity index (χ3n) is 6.04. The van der Waals surface area contributed by atoms with E-state index in [-0.39, 0.29) is 29.2 Å². The first-order valence-electron chi connectivity index (χ1n) is 10.3. The Morgan fingerprint density at radius 2 is 1.83 bits per heavy atom. The smallest absolute Gasteiger partial charge is 0.410 e. The maximum Gasteiger partial charge on any atom is 0.410 e. The van der Waals surface area contributed by atoms with E-state index in [4.69, 9.17) is 4.74 Å². The topological polar surface area (TPSA) is 79.0 Å². The number of anilines is 1. The van der Waals surface area contributed by atoms with Crippen molar-refractivity contribution in [1.82, 2.24) is 10.2 Å². The molecule has 7 nitrogen and oxygen atoms in total. The van der Waals surface area contributed by atoms with E-state index in [9.17, 15) is 14.4 Å². The van der Waals surface area contributed by atoms with Gasteiger partial charge in [-0.1, -0.05) is 12.1 Å². The molecule has 0 saturated carbocycles. The predicted octanol–water partition coefficient (Wildman–Crippen LogP) is 2.65. The van der Waals surface area contributed by atoms with E-state index in [0.29, 0.717) is 12.8 Å². The highest BCUT2D eigenvalue weighted by Gasteiger charge is 2.50. The zero-order valence-corrected chi connectivity index (χ0v) is 17.4. The van der Waals surface area contributed by atoms with Gasteiger partial charge < -0.3 is 14.5 Å². The Kier molecular flexibility index (Phi) is 4.79. The van der Waals surface area contributed by atoms with Crippen molar-refractivity contribution < 1.29 is 19.1 Å². The summed E-state index contributed by atoms with van der Waals surface area (Å²) in [6, 6.07) is 8.10. The summed E-state index contributed by atoms with van der Waals surface area (Å²) in [5.74, 6) is -0.641. The van der Waals surface area contributed by atoms with Gasteiger partial charge in [-0.2, -0.15) is 0 Å². The Balaban J connectivity index is 1.34. The summed E-state index contributed by atoms with van der Waals surface area (Å²) in [5, 5.41) is 2.42. The van der Waals surface area contributed by atoms with E-state index >= 15 is 0 Å². The van der Waals surface area contributed by atoms with E-state index in [1.165, 1.54) is 0 Å². The second-order valence-electron chi connectivity index (χ2n) is 9.60. The van der Waals surface area contributed by atoms with Gasteiger partial charge in [-0.15, -0.1) is 0 Å². The molecule has 0 bridgehead atoms. The van der Waals surface area contributed by atoms with Crippen molar-refractivity contribution in [3.63, 3.8) is 0 Å². The Morgan fingerprint density at radius 3 is 2.45 bits per heavy atom. The number of nitrogens with zero attached hydrogens (tertiary/aromatic N) is 2. The summed E-state index contributed by atoms with van der Waals surface area (Å²) in [7, 11) is 0. The largest absolute Gasteiger partial charge is 0.444 e. The van der Waals surface area contributed by atoms with E-state index in [2.05, 4.69) is 22.3 Å². The van der Waals surface area contributed by atoms with Crippen molar-refractivity contribution in [2.75, 3.05) is 31.1 Å². The molecular weight excluding hydrogens is 370 g/mol. The van der Waals surface area contributed by atoms with Gasteiger partial charge in [-0.25, -0.2) is 4.79 Å². The highest BCUT2D eigenvalue weighted by Crippen LogP contribution is 2.42. The van der Waals surface area contributed by atoms with Crippen LogP contribution in [-0.4, -0.2) is 54.6 Å². The number of hydrogen-bond donors (Lipinski definition) is 1. The van der Waals surface area contributed by atoms with Crippen molar-refractivity contribution in [1.29, 1.82) is 0 Å². The van der Waals surface area contributed by atoms with Crippen molar-refractivity contribution in [3.8, 4) is 0 Å². The van der Waals surface area contributed by atoms with Crippen LogP contribution in [0.5, 0.6) is 0 Å². The number of piperidine rings is 1. The number of ether oxygens (including phenoxy) is 1. The summed E-state index contributed by atoms with van der Waals surface area (Å²) in [5.41, 5.74) is 1.77. The molecule has 29 heavy (non-hydrogen) atoms. The molecule has 3 fully saturated rings. The highest BCUT2D eigenvalue weighted by atomic mass is 16.6. The second kappa shape index (κ2) is 7.04. The normalized spacial score (nSPS) is 23.8. The molecule has 3 aliphatic rings.